The monoisotopic (exact) mass is 326 g/mol. The summed E-state index contributed by atoms with van der Waals surface area (Å²) in [5.74, 6) is -0.440. The number of nitrogens with zero attached hydrogens (tertiary/aromatic N) is 3. The van der Waals surface area contributed by atoms with Crippen molar-refractivity contribution in [2.75, 3.05) is 5.32 Å². The molecule has 0 radical (unpaired) electrons. The molecule has 0 fully saturated rings. The topological polar surface area (TPSA) is 59.8 Å². The molecule has 1 N–H and O–H groups in total. The molecule has 0 unspecified atom stereocenters. The molecule has 124 valence electrons. The fourth-order valence-corrected chi connectivity index (χ4v) is 2.04. The lowest BCUT2D eigenvalue weighted by Crippen LogP contribution is -2.20. The lowest BCUT2D eigenvalue weighted by atomic mass is 9.89. The Labute approximate surface area is 131 Å². The van der Waals surface area contributed by atoms with Gasteiger partial charge < -0.3 is 5.32 Å². The maximum atomic E-state index is 12.5. The number of amides is 1. The van der Waals surface area contributed by atoms with Crippen molar-refractivity contribution in [3.8, 4) is 0 Å². The van der Waals surface area contributed by atoms with Gasteiger partial charge in [-0.3, -0.25) is 9.48 Å². The maximum absolute atomic E-state index is 12.5. The number of hydrogen-bond acceptors (Lipinski definition) is 3. The summed E-state index contributed by atoms with van der Waals surface area (Å²) in [6.45, 7) is 5.77. The van der Waals surface area contributed by atoms with E-state index in [1.54, 1.807) is 13.2 Å². The summed E-state index contributed by atoms with van der Waals surface area (Å²) in [4.78, 5) is 15.7. The van der Waals surface area contributed by atoms with Crippen molar-refractivity contribution >= 4 is 11.6 Å². The molecule has 5 nitrogen and oxygen atoms in total. The van der Waals surface area contributed by atoms with Gasteiger partial charge in [-0.05, 0) is 12.1 Å². The van der Waals surface area contributed by atoms with Gasteiger partial charge in [-0.15, -0.1) is 0 Å². The molecule has 1 amide bonds. The van der Waals surface area contributed by atoms with Gasteiger partial charge in [-0.1, -0.05) is 20.8 Å². The van der Waals surface area contributed by atoms with E-state index in [0.29, 0.717) is 11.3 Å². The van der Waals surface area contributed by atoms with E-state index >= 15 is 0 Å². The Balaban J connectivity index is 2.23. The summed E-state index contributed by atoms with van der Waals surface area (Å²) in [7, 11) is 1.70. The van der Waals surface area contributed by atoms with Crippen molar-refractivity contribution in [3.63, 3.8) is 0 Å². The van der Waals surface area contributed by atoms with Crippen molar-refractivity contribution in [2.24, 2.45) is 7.05 Å². The fourth-order valence-electron chi connectivity index (χ4n) is 2.04. The molecule has 2 aromatic rings. The first-order valence-electron chi connectivity index (χ1n) is 6.87. The quantitative estimate of drug-likeness (QED) is 0.920. The average molecular weight is 326 g/mol. The van der Waals surface area contributed by atoms with Crippen LogP contribution in [0.3, 0.4) is 0 Å². The minimum Gasteiger partial charge on any atom is -0.320 e. The zero-order chi connectivity index (χ0) is 17.4. The van der Waals surface area contributed by atoms with Crippen LogP contribution in [0.1, 0.15) is 42.5 Å². The van der Waals surface area contributed by atoms with E-state index in [9.17, 15) is 18.0 Å². The van der Waals surface area contributed by atoms with Crippen LogP contribution in [-0.4, -0.2) is 20.7 Å². The number of nitrogens with one attached hydrogen (secondary N) is 1. The van der Waals surface area contributed by atoms with Crippen LogP contribution in [0.2, 0.25) is 0 Å². The van der Waals surface area contributed by atoms with Gasteiger partial charge in [-0.2, -0.15) is 18.3 Å². The van der Waals surface area contributed by atoms with Crippen LogP contribution in [-0.2, 0) is 18.6 Å². The summed E-state index contributed by atoms with van der Waals surface area (Å²) >= 11 is 0. The normalized spacial score (nSPS) is 12.3. The standard InChI is InChI=1S/C15H17F3N4O/c1-14(2,3)12-10(8-22(4)21-12)13(23)20-9-5-6-11(19-7-9)15(16,17)18/h5-8H,1-4H3,(H,20,23). The second kappa shape index (κ2) is 5.68. The highest BCUT2D eigenvalue weighted by Crippen LogP contribution is 2.28. The zero-order valence-corrected chi connectivity index (χ0v) is 13.2. The second-order valence-electron chi connectivity index (χ2n) is 6.20. The first-order chi connectivity index (χ1) is 10.5. The van der Waals surface area contributed by atoms with Crippen molar-refractivity contribution in [1.82, 2.24) is 14.8 Å². The largest absolute Gasteiger partial charge is 0.433 e. The third kappa shape index (κ3) is 3.88. The smallest absolute Gasteiger partial charge is 0.320 e. The summed E-state index contributed by atoms with van der Waals surface area (Å²) in [6, 6.07) is 1.99. The minimum absolute atomic E-state index is 0.187. The first-order valence-corrected chi connectivity index (χ1v) is 6.87. The van der Waals surface area contributed by atoms with E-state index in [2.05, 4.69) is 15.4 Å². The van der Waals surface area contributed by atoms with Crippen LogP contribution in [0.15, 0.2) is 24.5 Å². The summed E-state index contributed by atoms with van der Waals surface area (Å²) in [6.07, 6.45) is -1.95. The molecule has 0 aliphatic carbocycles. The van der Waals surface area contributed by atoms with E-state index in [0.717, 1.165) is 12.3 Å². The van der Waals surface area contributed by atoms with E-state index in [4.69, 9.17) is 0 Å². The third-order valence-electron chi connectivity index (χ3n) is 3.10. The second-order valence-corrected chi connectivity index (χ2v) is 6.20. The number of hydrogen-bond donors (Lipinski definition) is 1. The molecule has 0 saturated carbocycles. The number of anilines is 1. The highest BCUT2D eigenvalue weighted by atomic mass is 19.4. The summed E-state index contributed by atoms with van der Waals surface area (Å²) in [5.41, 5.74) is -0.178. The van der Waals surface area contributed by atoms with Crippen LogP contribution in [0.25, 0.3) is 0 Å². The Hall–Kier alpha value is -2.38. The van der Waals surface area contributed by atoms with Gasteiger partial charge in [0.05, 0.1) is 23.1 Å². The van der Waals surface area contributed by atoms with Crippen LogP contribution in [0.4, 0.5) is 18.9 Å². The Morgan fingerprint density at radius 3 is 2.35 bits per heavy atom. The number of rotatable bonds is 2. The predicted octanol–water partition coefficient (Wildman–Crippen LogP) is 3.38. The van der Waals surface area contributed by atoms with Crippen molar-refractivity contribution < 1.29 is 18.0 Å². The number of pyridine rings is 1. The van der Waals surface area contributed by atoms with Gasteiger partial charge in [0.2, 0.25) is 0 Å². The molecule has 2 heterocycles. The van der Waals surface area contributed by atoms with E-state index in [1.165, 1.54) is 10.7 Å². The molecule has 0 aliphatic heterocycles. The lowest BCUT2D eigenvalue weighted by molar-refractivity contribution is -0.141. The number of halogens is 3. The number of aryl methyl sites for hydroxylation is 1. The van der Waals surface area contributed by atoms with E-state index in [1.807, 2.05) is 20.8 Å². The molecule has 23 heavy (non-hydrogen) atoms. The van der Waals surface area contributed by atoms with Crippen molar-refractivity contribution in [3.05, 3.63) is 41.5 Å². The van der Waals surface area contributed by atoms with Gasteiger partial charge in [0, 0.05) is 18.7 Å². The Morgan fingerprint density at radius 2 is 1.87 bits per heavy atom. The fraction of sp³-hybridized carbons (Fsp3) is 0.400. The van der Waals surface area contributed by atoms with Crippen LogP contribution >= 0.6 is 0 Å². The highest BCUT2D eigenvalue weighted by Gasteiger charge is 2.32. The molecule has 0 bridgehead atoms. The SMILES string of the molecule is Cn1cc(C(=O)Nc2ccc(C(F)(F)F)nc2)c(C(C)(C)C)n1. The first kappa shape index (κ1) is 17.0. The molecule has 0 atom stereocenters. The van der Waals surface area contributed by atoms with Crippen molar-refractivity contribution in [2.45, 2.75) is 32.4 Å². The molecular formula is C15H17F3N4O. The number of aromatic nitrogens is 3. The van der Waals surface area contributed by atoms with Gasteiger partial charge >= 0.3 is 6.18 Å². The van der Waals surface area contributed by atoms with Crippen molar-refractivity contribution in [1.29, 1.82) is 0 Å². The average Bonchev–Trinajstić information content (AvgIpc) is 2.80. The number of carbonyl (C=O) groups excluding carboxylic acids is 1. The minimum atomic E-state index is -4.51. The summed E-state index contributed by atoms with van der Waals surface area (Å²) < 4.78 is 38.9. The van der Waals surface area contributed by atoms with Gasteiger partial charge in [0.15, 0.2) is 0 Å². The Morgan fingerprint density at radius 1 is 1.22 bits per heavy atom. The van der Waals surface area contributed by atoms with E-state index in [-0.39, 0.29) is 11.1 Å². The predicted molar refractivity (Wildman–Crippen MR) is 79.1 cm³/mol. The zero-order valence-electron chi connectivity index (χ0n) is 13.2. The molecule has 0 spiro atoms. The highest BCUT2D eigenvalue weighted by molar-refractivity contribution is 6.05. The maximum Gasteiger partial charge on any atom is 0.433 e. The Kier molecular flexibility index (Phi) is 4.19. The van der Waals surface area contributed by atoms with Gasteiger partial charge in [0.1, 0.15) is 5.69 Å². The molecule has 2 rings (SSSR count). The Bertz CT molecular complexity index is 712. The molecule has 0 aromatic carbocycles. The molecule has 2 aromatic heterocycles. The molecular weight excluding hydrogens is 309 g/mol. The molecule has 0 saturated heterocycles. The third-order valence-corrected chi connectivity index (χ3v) is 3.10. The number of carbonyl (C=O) groups is 1. The van der Waals surface area contributed by atoms with Crippen LogP contribution in [0, 0.1) is 0 Å². The van der Waals surface area contributed by atoms with Crippen LogP contribution < -0.4 is 5.32 Å². The lowest BCUT2D eigenvalue weighted by Gasteiger charge is -2.17. The summed E-state index contributed by atoms with van der Waals surface area (Å²) in [5, 5.41) is 6.82. The van der Waals surface area contributed by atoms with E-state index < -0.39 is 17.8 Å². The molecule has 8 heteroatoms. The van der Waals surface area contributed by atoms with Gasteiger partial charge in [-0.25, -0.2) is 4.98 Å². The number of alkyl halides is 3. The van der Waals surface area contributed by atoms with Crippen LogP contribution in [0.5, 0.6) is 0 Å². The van der Waals surface area contributed by atoms with Gasteiger partial charge in [0.25, 0.3) is 5.91 Å². The molecule has 0 aliphatic rings.